The molecule has 0 aromatic heterocycles. The second kappa shape index (κ2) is 7.07. The van der Waals surface area contributed by atoms with Crippen LogP contribution in [0.5, 0.6) is 5.75 Å². The summed E-state index contributed by atoms with van der Waals surface area (Å²) in [7, 11) is -2.29. The minimum absolute atomic E-state index is 0.0439. The van der Waals surface area contributed by atoms with Gasteiger partial charge in [-0.25, -0.2) is 8.42 Å². The van der Waals surface area contributed by atoms with E-state index in [1.165, 1.54) is 23.5 Å². The highest BCUT2D eigenvalue weighted by atomic mass is 35.5. The first-order valence-corrected chi connectivity index (χ1v) is 9.21. The monoisotopic (exact) mass is 360 g/mol. The van der Waals surface area contributed by atoms with E-state index in [0.717, 1.165) is 0 Å². The molecule has 1 aliphatic heterocycles. The van der Waals surface area contributed by atoms with Crippen molar-refractivity contribution in [3.8, 4) is 5.75 Å². The Labute approximate surface area is 142 Å². The van der Waals surface area contributed by atoms with Gasteiger partial charge in [-0.1, -0.05) is 25.4 Å². The zero-order valence-electron chi connectivity index (χ0n) is 13.5. The number of carbonyl (C=O) groups is 1. The van der Waals surface area contributed by atoms with Crippen LogP contribution in [0.4, 0.5) is 0 Å². The summed E-state index contributed by atoms with van der Waals surface area (Å²) in [5.74, 6) is 0.212. The maximum absolute atomic E-state index is 12.8. The fourth-order valence-corrected chi connectivity index (χ4v) is 4.35. The average molecular weight is 361 g/mol. The van der Waals surface area contributed by atoms with Crippen LogP contribution >= 0.6 is 11.6 Å². The van der Waals surface area contributed by atoms with Gasteiger partial charge in [-0.15, -0.1) is 0 Å². The second-order valence-electron chi connectivity index (χ2n) is 5.68. The molecule has 8 heteroatoms. The van der Waals surface area contributed by atoms with Gasteiger partial charge in [0, 0.05) is 37.1 Å². The Morgan fingerprint density at radius 3 is 2.35 bits per heavy atom. The number of methoxy groups -OCH3 is 1. The summed E-state index contributed by atoms with van der Waals surface area (Å²) in [5, 5.41) is 0.331. The zero-order chi connectivity index (χ0) is 17.2. The van der Waals surface area contributed by atoms with Crippen molar-refractivity contribution in [1.82, 2.24) is 9.21 Å². The quantitative estimate of drug-likeness (QED) is 0.821. The number of hydrogen-bond donors (Lipinski definition) is 0. The lowest BCUT2D eigenvalue weighted by Gasteiger charge is -2.35. The third-order valence-electron chi connectivity index (χ3n) is 3.79. The predicted octanol–water partition coefficient (Wildman–Crippen LogP) is 1.84. The van der Waals surface area contributed by atoms with Gasteiger partial charge in [0.2, 0.25) is 15.9 Å². The largest absolute Gasteiger partial charge is 0.495 e. The van der Waals surface area contributed by atoms with E-state index in [9.17, 15) is 13.2 Å². The number of carbonyl (C=O) groups excluding carboxylic acids is 1. The summed E-state index contributed by atoms with van der Waals surface area (Å²) in [6.45, 7) is 4.97. The lowest BCUT2D eigenvalue weighted by molar-refractivity contribution is -0.135. The number of piperazine rings is 1. The molecule has 0 aliphatic carbocycles. The molecule has 0 spiro atoms. The summed E-state index contributed by atoms with van der Waals surface area (Å²) in [5.41, 5.74) is 0. The topological polar surface area (TPSA) is 66.9 Å². The number of sulfonamides is 1. The first-order valence-electron chi connectivity index (χ1n) is 7.40. The van der Waals surface area contributed by atoms with E-state index in [1.54, 1.807) is 11.0 Å². The number of ether oxygens (including phenoxy) is 1. The third kappa shape index (κ3) is 3.79. The molecule has 1 saturated heterocycles. The Balaban J connectivity index is 2.20. The van der Waals surface area contributed by atoms with Gasteiger partial charge in [0.1, 0.15) is 10.6 Å². The van der Waals surface area contributed by atoms with E-state index in [2.05, 4.69) is 0 Å². The van der Waals surface area contributed by atoms with Crippen molar-refractivity contribution in [2.75, 3.05) is 33.3 Å². The van der Waals surface area contributed by atoms with Gasteiger partial charge in [0.25, 0.3) is 0 Å². The van der Waals surface area contributed by atoms with Gasteiger partial charge >= 0.3 is 0 Å². The molecule has 2 rings (SSSR count). The van der Waals surface area contributed by atoms with Gasteiger partial charge in [-0.05, 0) is 18.2 Å². The molecule has 1 aliphatic rings. The number of hydrogen-bond acceptors (Lipinski definition) is 4. The number of benzene rings is 1. The molecule has 1 fully saturated rings. The first kappa shape index (κ1) is 18.0. The van der Waals surface area contributed by atoms with E-state index < -0.39 is 10.0 Å². The molecule has 0 atom stereocenters. The summed E-state index contributed by atoms with van der Waals surface area (Å²) in [4.78, 5) is 13.7. The van der Waals surface area contributed by atoms with Gasteiger partial charge in [0.05, 0.1) is 7.11 Å². The van der Waals surface area contributed by atoms with Gasteiger partial charge in [-0.3, -0.25) is 4.79 Å². The highest BCUT2D eigenvalue weighted by molar-refractivity contribution is 7.89. The molecule has 0 bridgehead atoms. The summed E-state index contributed by atoms with van der Waals surface area (Å²) < 4.78 is 32.1. The lowest BCUT2D eigenvalue weighted by atomic mass is 10.2. The number of rotatable bonds is 4. The molecule has 0 radical (unpaired) electrons. The van der Waals surface area contributed by atoms with Crippen molar-refractivity contribution in [3.05, 3.63) is 23.2 Å². The fraction of sp³-hybridized carbons (Fsp3) is 0.533. The van der Waals surface area contributed by atoms with Gasteiger partial charge in [0.15, 0.2) is 0 Å². The lowest BCUT2D eigenvalue weighted by Crippen LogP contribution is -2.51. The van der Waals surface area contributed by atoms with Gasteiger partial charge < -0.3 is 9.64 Å². The first-order chi connectivity index (χ1) is 10.8. The Morgan fingerprint density at radius 2 is 1.83 bits per heavy atom. The normalized spacial score (nSPS) is 16.7. The molecule has 0 saturated carbocycles. The molecule has 128 valence electrons. The van der Waals surface area contributed by atoms with Crippen LogP contribution in [0.2, 0.25) is 5.02 Å². The minimum atomic E-state index is -3.71. The molecule has 1 amide bonds. The van der Waals surface area contributed by atoms with Crippen molar-refractivity contribution >= 4 is 27.5 Å². The van der Waals surface area contributed by atoms with E-state index in [0.29, 0.717) is 18.1 Å². The van der Waals surface area contributed by atoms with E-state index in [-0.39, 0.29) is 35.6 Å². The van der Waals surface area contributed by atoms with Crippen molar-refractivity contribution in [2.24, 2.45) is 5.92 Å². The summed E-state index contributed by atoms with van der Waals surface area (Å²) in [6.07, 6.45) is 0. The highest BCUT2D eigenvalue weighted by Crippen LogP contribution is 2.30. The van der Waals surface area contributed by atoms with Crippen LogP contribution in [0.25, 0.3) is 0 Å². The summed E-state index contributed by atoms with van der Waals surface area (Å²) in [6, 6.07) is 4.51. The molecule has 6 nitrogen and oxygen atoms in total. The Kier molecular flexibility index (Phi) is 5.54. The molecule has 0 unspecified atom stereocenters. The average Bonchev–Trinajstić information content (AvgIpc) is 2.54. The SMILES string of the molecule is COc1ccc(Cl)cc1S(=O)(=O)N1CCN(C(=O)C(C)C)CC1. The zero-order valence-corrected chi connectivity index (χ0v) is 15.0. The van der Waals surface area contributed by atoms with Crippen LogP contribution in [0, 0.1) is 5.92 Å². The highest BCUT2D eigenvalue weighted by Gasteiger charge is 2.32. The van der Waals surface area contributed by atoms with Crippen LogP contribution in [-0.2, 0) is 14.8 Å². The van der Waals surface area contributed by atoms with Crippen molar-refractivity contribution in [2.45, 2.75) is 18.7 Å². The third-order valence-corrected chi connectivity index (χ3v) is 5.94. The van der Waals surface area contributed by atoms with E-state index >= 15 is 0 Å². The van der Waals surface area contributed by atoms with Crippen molar-refractivity contribution in [3.63, 3.8) is 0 Å². The van der Waals surface area contributed by atoms with E-state index in [4.69, 9.17) is 16.3 Å². The maximum atomic E-state index is 12.8. The fourth-order valence-electron chi connectivity index (χ4n) is 2.51. The Bertz CT molecular complexity index is 683. The van der Waals surface area contributed by atoms with Crippen LogP contribution in [0.1, 0.15) is 13.8 Å². The van der Waals surface area contributed by atoms with Crippen LogP contribution in [0.15, 0.2) is 23.1 Å². The predicted molar refractivity (Wildman–Crippen MR) is 88.2 cm³/mol. The standard InChI is InChI=1S/C15H21ClN2O4S/c1-11(2)15(19)17-6-8-18(9-7-17)23(20,21)14-10-12(16)4-5-13(14)22-3/h4-5,10-11H,6-9H2,1-3H3. The molecule has 1 aromatic rings. The van der Waals surface area contributed by atoms with Gasteiger partial charge in [-0.2, -0.15) is 4.31 Å². The number of nitrogens with zero attached hydrogens (tertiary/aromatic N) is 2. The summed E-state index contributed by atoms with van der Waals surface area (Å²) >= 11 is 5.93. The Hall–Kier alpha value is -1.31. The number of amides is 1. The molecular formula is C15H21ClN2O4S. The minimum Gasteiger partial charge on any atom is -0.495 e. The Morgan fingerprint density at radius 1 is 1.22 bits per heavy atom. The van der Waals surface area contributed by atoms with Crippen LogP contribution < -0.4 is 4.74 Å². The molecule has 1 heterocycles. The molecule has 0 N–H and O–H groups in total. The molecule has 23 heavy (non-hydrogen) atoms. The maximum Gasteiger partial charge on any atom is 0.246 e. The van der Waals surface area contributed by atoms with Crippen molar-refractivity contribution in [1.29, 1.82) is 0 Å². The number of halogens is 1. The van der Waals surface area contributed by atoms with E-state index in [1.807, 2.05) is 13.8 Å². The molecule has 1 aromatic carbocycles. The van der Waals surface area contributed by atoms with Crippen LogP contribution in [-0.4, -0.2) is 56.8 Å². The smallest absolute Gasteiger partial charge is 0.246 e. The molecular weight excluding hydrogens is 340 g/mol. The van der Waals surface area contributed by atoms with Crippen molar-refractivity contribution < 1.29 is 17.9 Å². The van der Waals surface area contributed by atoms with Crippen LogP contribution in [0.3, 0.4) is 0 Å². The second-order valence-corrected chi connectivity index (χ2v) is 8.02.